The van der Waals surface area contributed by atoms with Crippen LogP contribution in [0.5, 0.6) is 0 Å². The number of aryl methyl sites for hydroxylation is 1. The molecular weight excluding hydrogens is 419 g/mol. The fourth-order valence-corrected chi connectivity index (χ4v) is 5.74. The van der Waals surface area contributed by atoms with Crippen molar-refractivity contribution < 1.29 is 18.0 Å². The molecule has 1 amide bonds. The van der Waals surface area contributed by atoms with E-state index >= 15 is 0 Å². The summed E-state index contributed by atoms with van der Waals surface area (Å²) in [6.45, 7) is 7.98. The third-order valence-corrected chi connectivity index (χ3v) is 7.44. The number of halogens is 3. The first kappa shape index (κ1) is 23.0. The molecule has 1 saturated carbocycles. The topological polar surface area (TPSA) is 76.5 Å². The monoisotopic (exact) mass is 451 g/mol. The molecule has 0 aromatic carbocycles. The van der Waals surface area contributed by atoms with Gasteiger partial charge < -0.3 is 5.73 Å². The standard InChI is InChI=1S/C23H32F3N5O/c1-14-15(2)28-20-11-18(16-5-7-17(8-6-16)23(24,25)26)29-31(20)21(14)22(3)9-4-10-30(13-22)12-19(27)32/h11,16-17H,4-10,12-13H2,1-3H3,(H2,27,32)/t16?,17?,22-/m1/s1. The Morgan fingerprint density at radius 1 is 1.25 bits per heavy atom. The number of aromatic nitrogens is 3. The van der Waals surface area contributed by atoms with Gasteiger partial charge in [0.25, 0.3) is 0 Å². The number of nitrogens with two attached hydrogens (primary N) is 1. The van der Waals surface area contributed by atoms with Gasteiger partial charge in [-0.1, -0.05) is 6.92 Å². The number of alkyl halides is 3. The van der Waals surface area contributed by atoms with Crippen LogP contribution < -0.4 is 5.73 Å². The zero-order chi connectivity index (χ0) is 23.3. The summed E-state index contributed by atoms with van der Waals surface area (Å²) in [5, 5.41) is 4.89. The molecule has 1 atom stereocenters. The van der Waals surface area contributed by atoms with Crippen LogP contribution in [0.3, 0.4) is 0 Å². The number of nitrogens with zero attached hydrogens (tertiary/aromatic N) is 4. The van der Waals surface area contributed by atoms with E-state index < -0.39 is 12.1 Å². The normalized spacial score (nSPS) is 27.7. The predicted octanol–water partition coefficient (Wildman–Crippen LogP) is 4.02. The van der Waals surface area contributed by atoms with Crippen molar-refractivity contribution in [2.45, 2.75) is 76.8 Å². The van der Waals surface area contributed by atoms with E-state index in [0.717, 1.165) is 47.7 Å². The first-order valence-electron chi connectivity index (χ1n) is 11.4. The molecule has 2 aliphatic rings. The summed E-state index contributed by atoms with van der Waals surface area (Å²) in [6, 6.07) is 1.95. The molecule has 0 unspecified atom stereocenters. The Kier molecular flexibility index (Phi) is 5.98. The lowest BCUT2D eigenvalue weighted by atomic mass is 9.77. The van der Waals surface area contributed by atoms with E-state index in [4.69, 9.17) is 15.8 Å². The number of primary amides is 1. The summed E-state index contributed by atoms with van der Waals surface area (Å²) in [5.74, 6) is -1.52. The smallest absolute Gasteiger partial charge is 0.369 e. The maximum absolute atomic E-state index is 13.1. The van der Waals surface area contributed by atoms with Crippen LogP contribution in [-0.4, -0.2) is 51.2 Å². The van der Waals surface area contributed by atoms with Gasteiger partial charge in [-0.15, -0.1) is 0 Å². The van der Waals surface area contributed by atoms with E-state index in [1.165, 1.54) is 0 Å². The summed E-state index contributed by atoms with van der Waals surface area (Å²) < 4.78 is 41.1. The van der Waals surface area contributed by atoms with Crippen molar-refractivity contribution in [1.82, 2.24) is 19.5 Å². The minimum absolute atomic E-state index is 0.0225. The van der Waals surface area contributed by atoms with Crippen LogP contribution in [0.1, 0.15) is 74.0 Å². The molecule has 0 spiro atoms. The van der Waals surface area contributed by atoms with E-state index in [1.807, 2.05) is 24.4 Å². The van der Waals surface area contributed by atoms with E-state index in [9.17, 15) is 18.0 Å². The molecule has 0 bridgehead atoms. The Morgan fingerprint density at radius 2 is 1.94 bits per heavy atom. The zero-order valence-corrected chi connectivity index (χ0v) is 19.0. The molecule has 0 radical (unpaired) electrons. The maximum Gasteiger partial charge on any atom is 0.391 e. The predicted molar refractivity (Wildman–Crippen MR) is 115 cm³/mol. The molecule has 2 aromatic rings. The summed E-state index contributed by atoms with van der Waals surface area (Å²) in [6.07, 6.45) is -0.926. The first-order valence-corrected chi connectivity index (χ1v) is 11.4. The van der Waals surface area contributed by atoms with Crippen LogP contribution in [0.4, 0.5) is 13.2 Å². The van der Waals surface area contributed by atoms with Gasteiger partial charge in [-0.25, -0.2) is 9.50 Å². The average molecular weight is 452 g/mol. The van der Waals surface area contributed by atoms with Crippen molar-refractivity contribution in [3.8, 4) is 0 Å². The number of rotatable bonds is 4. The molecule has 1 aliphatic heterocycles. The van der Waals surface area contributed by atoms with Gasteiger partial charge in [-0.05, 0) is 64.5 Å². The number of fused-ring (bicyclic) bond motifs is 1. The number of piperidine rings is 1. The third kappa shape index (κ3) is 4.36. The van der Waals surface area contributed by atoms with Crippen LogP contribution in [0.25, 0.3) is 5.65 Å². The van der Waals surface area contributed by atoms with E-state index in [2.05, 4.69) is 11.8 Å². The summed E-state index contributed by atoms with van der Waals surface area (Å²) in [4.78, 5) is 18.3. The highest BCUT2D eigenvalue weighted by Crippen LogP contribution is 2.43. The minimum atomic E-state index is -4.11. The second-order valence-corrected chi connectivity index (χ2v) is 9.94. The second kappa shape index (κ2) is 8.32. The molecule has 32 heavy (non-hydrogen) atoms. The van der Waals surface area contributed by atoms with Crippen molar-refractivity contribution in [2.75, 3.05) is 19.6 Å². The SMILES string of the molecule is Cc1nc2cc(C3CCC(C(F)(F)F)CC3)nn2c([C@]2(C)CCCN(CC(N)=O)C2)c1C. The van der Waals surface area contributed by atoms with Crippen LogP contribution >= 0.6 is 0 Å². The minimum Gasteiger partial charge on any atom is -0.369 e. The number of carbonyl (C=O) groups excluding carboxylic acids is 1. The van der Waals surface area contributed by atoms with Crippen molar-refractivity contribution in [2.24, 2.45) is 11.7 Å². The van der Waals surface area contributed by atoms with Crippen LogP contribution in [0.15, 0.2) is 6.07 Å². The molecular formula is C23H32F3N5O. The fraction of sp³-hybridized carbons (Fsp3) is 0.696. The third-order valence-electron chi connectivity index (χ3n) is 7.44. The van der Waals surface area contributed by atoms with Gasteiger partial charge in [0.2, 0.25) is 5.91 Å². The van der Waals surface area contributed by atoms with Crippen molar-refractivity contribution in [1.29, 1.82) is 0 Å². The molecule has 4 rings (SSSR count). The number of likely N-dealkylation sites (tertiary alicyclic amines) is 1. The van der Waals surface area contributed by atoms with Crippen LogP contribution in [-0.2, 0) is 10.2 Å². The first-order chi connectivity index (χ1) is 15.0. The molecule has 2 N–H and O–H groups in total. The Morgan fingerprint density at radius 3 is 2.56 bits per heavy atom. The fourth-order valence-electron chi connectivity index (χ4n) is 5.74. The van der Waals surface area contributed by atoms with Gasteiger partial charge in [0, 0.05) is 29.6 Å². The van der Waals surface area contributed by atoms with Gasteiger partial charge in [-0.3, -0.25) is 9.69 Å². The summed E-state index contributed by atoms with van der Waals surface area (Å²) in [5.41, 5.74) is 9.84. The van der Waals surface area contributed by atoms with Crippen molar-refractivity contribution >= 4 is 11.6 Å². The molecule has 3 heterocycles. The van der Waals surface area contributed by atoms with E-state index in [0.29, 0.717) is 19.4 Å². The van der Waals surface area contributed by atoms with Crippen LogP contribution in [0, 0.1) is 19.8 Å². The second-order valence-electron chi connectivity index (χ2n) is 9.94. The zero-order valence-electron chi connectivity index (χ0n) is 19.0. The largest absolute Gasteiger partial charge is 0.391 e. The number of hydrogen-bond donors (Lipinski definition) is 1. The number of hydrogen-bond acceptors (Lipinski definition) is 4. The highest BCUT2D eigenvalue weighted by molar-refractivity contribution is 5.76. The summed E-state index contributed by atoms with van der Waals surface area (Å²) in [7, 11) is 0. The highest BCUT2D eigenvalue weighted by atomic mass is 19.4. The lowest BCUT2D eigenvalue weighted by Gasteiger charge is -2.41. The van der Waals surface area contributed by atoms with E-state index in [1.54, 1.807) is 0 Å². The number of carbonyl (C=O) groups is 1. The van der Waals surface area contributed by atoms with Gasteiger partial charge in [-0.2, -0.15) is 18.3 Å². The molecule has 176 valence electrons. The number of amides is 1. The molecule has 9 heteroatoms. The summed E-state index contributed by atoms with van der Waals surface area (Å²) >= 11 is 0. The maximum atomic E-state index is 13.1. The highest BCUT2D eigenvalue weighted by Gasteiger charge is 2.42. The molecule has 2 aromatic heterocycles. The quantitative estimate of drug-likeness (QED) is 0.762. The lowest BCUT2D eigenvalue weighted by Crippen LogP contribution is -2.48. The van der Waals surface area contributed by atoms with Crippen molar-refractivity contribution in [3.05, 3.63) is 28.7 Å². The molecule has 2 fully saturated rings. The molecule has 1 aliphatic carbocycles. The average Bonchev–Trinajstić information content (AvgIpc) is 3.10. The Bertz CT molecular complexity index is 1010. The Hall–Kier alpha value is -2.16. The van der Waals surface area contributed by atoms with Gasteiger partial charge in [0.15, 0.2) is 5.65 Å². The van der Waals surface area contributed by atoms with Gasteiger partial charge >= 0.3 is 6.18 Å². The van der Waals surface area contributed by atoms with Crippen molar-refractivity contribution in [3.63, 3.8) is 0 Å². The Balaban J connectivity index is 1.67. The molecule has 6 nitrogen and oxygen atoms in total. The van der Waals surface area contributed by atoms with E-state index in [-0.39, 0.29) is 36.6 Å². The van der Waals surface area contributed by atoms with Gasteiger partial charge in [0.1, 0.15) is 0 Å². The van der Waals surface area contributed by atoms with Crippen LogP contribution in [0.2, 0.25) is 0 Å². The Labute approximate surface area is 186 Å². The molecule has 1 saturated heterocycles. The van der Waals surface area contributed by atoms with Gasteiger partial charge in [0.05, 0.1) is 23.9 Å². The lowest BCUT2D eigenvalue weighted by molar-refractivity contribution is -0.182.